The molecule has 0 atom stereocenters. The van der Waals surface area contributed by atoms with Crippen molar-refractivity contribution < 1.29 is 53.4 Å². The monoisotopic (exact) mass is 626 g/mol. The van der Waals surface area contributed by atoms with E-state index in [0.29, 0.717) is 30.1 Å². The van der Waals surface area contributed by atoms with Crippen LogP contribution in [0.5, 0.6) is 11.5 Å². The second-order valence-corrected chi connectivity index (χ2v) is 9.36. The Morgan fingerprint density at radius 1 is 0.636 bits per heavy atom. The van der Waals surface area contributed by atoms with Crippen molar-refractivity contribution in [1.82, 2.24) is 0 Å². The molecule has 0 saturated carbocycles. The molecule has 0 unspecified atom stereocenters. The van der Waals surface area contributed by atoms with Crippen LogP contribution in [0, 0.1) is 40.9 Å². The number of halogens is 10. The van der Waals surface area contributed by atoms with Gasteiger partial charge in [0.15, 0.2) is 0 Å². The fourth-order valence-corrected chi connectivity index (χ4v) is 3.99. The van der Waals surface area contributed by atoms with Crippen molar-refractivity contribution in [2.75, 3.05) is 6.61 Å². The maximum absolute atomic E-state index is 14.9. The Labute approximate surface area is 244 Å². The van der Waals surface area contributed by atoms with Crippen molar-refractivity contribution >= 4 is 0 Å². The zero-order valence-electron chi connectivity index (χ0n) is 22.6. The van der Waals surface area contributed by atoms with E-state index in [-0.39, 0.29) is 17.7 Å². The van der Waals surface area contributed by atoms with E-state index in [1.807, 2.05) is 18.8 Å². The summed E-state index contributed by atoms with van der Waals surface area (Å²) in [5.74, 6) is -5.16. The molecule has 12 heteroatoms. The first-order chi connectivity index (χ1) is 20.7. The van der Waals surface area contributed by atoms with Gasteiger partial charge in [0.1, 0.15) is 46.1 Å². The molecule has 230 valence electrons. The number of hydrogen-bond donors (Lipinski definition) is 0. The quantitative estimate of drug-likeness (QED) is 0.110. The van der Waals surface area contributed by atoms with Crippen molar-refractivity contribution in [1.29, 1.82) is 0 Å². The molecule has 0 aliphatic rings. The van der Waals surface area contributed by atoms with E-state index in [9.17, 15) is 43.9 Å². The van der Waals surface area contributed by atoms with Gasteiger partial charge in [-0.15, -0.1) is 0 Å². The van der Waals surface area contributed by atoms with E-state index in [1.165, 1.54) is 6.07 Å². The zero-order valence-corrected chi connectivity index (χ0v) is 22.6. The molecule has 0 aromatic heterocycles. The van der Waals surface area contributed by atoms with Crippen LogP contribution in [-0.2, 0) is 12.3 Å². The Morgan fingerprint density at radius 3 is 1.77 bits per heavy atom. The molecule has 0 saturated heterocycles. The summed E-state index contributed by atoms with van der Waals surface area (Å²) in [4.78, 5) is 0. The highest BCUT2D eigenvalue weighted by Gasteiger charge is 2.39. The fourth-order valence-electron chi connectivity index (χ4n) is 3.99. The van der Waals surface area contributed by atoms with Crippen LogP contribution in [0.15, 0.2) is 66.7 Å². The standard InChI is InChI=1S/C32H20F10O2/c1-2-3-12-43-21-8-5-19(6-9-21)20-7-11-24(27(35)15-20)32(41,42)44-22-16-25(33)23(26(34)17-22)10-4-18-13-28(36)30(29(37)14-18)31(38,39)40/h5-9,11,13-17H,2-3,12H2,1H3. The van der Waals surface area contributed by atoms with Crippen molar-refractivity contribution in [2.24, 2.45) is 0 Å². The number of rotatable bonds is 8. The first kappa shape index (κ1) is 32.3. The third-order valence-corrected chi connectivity index (χ3v) is 6.16. The van der Waals surface area contributed by atoms with Gasteiger partial charge in [0.2, 0.25) is 0 Å². The summed E-state index contributed by atoms with van der Waals surface area (Å²) in [6.07, 6.45) is -7.92. The van der Waals surface area contributed by atoms with Crippen LogP contribution >= 0.6 is 0 Å². The molecule has 4 aromatic rings. The predicted octanol–water partition coefficient (Wildman–Crippen LogP) is 9.77. The SMILES string of the molecule is CCCCOc1ccc(-c2ccc(C(F)(F)Oc3cc(F)c(C#Cc4cc(F)c(C(F)(F)F)c(F)c4)c(F)c3)c(F)c2)cc1. The van der Waals surface area contributed by atoms with Crippen LogP contribution in [0.1, 0.15) is 42.0 Å². The van der Waals surface area contributed by atoms with Gasteiger partial charge in [0.25, 0.3) is 0 Å². The first-order valence-corrected chi connectivity index (χ1v) is 12.9. The Kier molecular flexibility index (Phi) is 9.47. The van der Waals surface area contributed by atoms with Gasteiger partial charge in [-0.2, -0.15) is 22.0 Å². The number of ether oxygens (including phenoxy) is 2. The Morgan fingerprint density at radius 2 is 1.23 bits per heavy atom. The van der Waals surface area contributed by atoms with E-state index >= 15 is 0 Å². The summed E-state index contributed by atoms with van der Waals surface area (Å²) >= 11 is 0. The molecule has 44 heavy (non-hydrogen) atoms. The highest BCUT2D eigenvalue weighted by molar-refractivity contribution is 5.64. The molecule has 0 aliphatic carbocycles. The van der Waals surface area contributed by atoms with Crippen LogP contribution in [0.4, 0.5) is 43.9 Å². The molecule has 0 heterocycles. The van der Waals surface area contributed by atoms with Gasteiger partial charge >= 0.3 is 12.3 Å². The summed E-state index contributed by atoms with van der Waals surface area (Å²) in [5.41, 5.74) is -4.37. The van der Waals surface area contributed by atoms with Gasteiger partial charge in [-0.25, -0.2) is 22.0 Å². The highest BCUT2D eigenvalue weighted by atomic mass is 19.4. The summed E-state index contributed by atoms with van der Waals surface area (Å²) in [5, 5.41) is 0. The lowest BCUT2D eigenvalue weighted by Crippen LogP contribution is -2.23. The van der Waals surface area contributed by atoms with Crippen LogP contribution in [0.25, 0.3) is 11.1 Å². The normalized spacial score (nSPS) is 11.6. The average Bonchev–Trinajstić information content (AvgIpc) is 2.91. The molecule has 4 aromatic carbocycles. The summed E-state index contributed by atoms with van der Waals surface area (Å²) < 4.78 is 149. The minimum Gasteiger partial charge on any atom is -0.494 e. The van der Waals surface area contributed by atoms with Gasteiger partial charge in [0, 0.05) is 17.7 Å². The Bertz CT molecular complexity index is 1670. The van der Waals surface area contributed by atoms with Crippen LogP contribution in [0.2, 0.25) is 0 Å². The van der Waals surface area contributed by atoms with Crippen LogP contribution < -0.4 is 9.47 Å². The molecule has 0 fully saturated rings. The van der Waals surface area contributed by atoms with Crippen molar-refractivity contribution in [2.45, 2.75) is 32.1 Å². The molecule has 0 aliphatic heterocycles. The lowest BCUT2D eigenvalue weighted by Gasteiger charge is -2.19. The molecule has 2 nitrogen and oxygen atoms in total. The van der Waals surface area contributed by atoms with E-state index < -0.39 is 69.4 Å². The summed E-state index contributed by atoms with van der Waals surface area (Å²) in [7, 11) is 0. The predicted molar refractivity (Wildman–Crippen MR) is 140 cm³/mol. The second-order valence-electron chi connectivity index (χ2n) is 9.36. The zero-order chi connectivity index (χ0) is 32.2. The topological polar surface area (TPSA) is 18.5 Å². The number of alkyl halides is 5. The molecular formula is C32H20F10O2. The van der Waals surface area contributed by atoms with E-state index in [4.69, 9.17) is 4.74 Å². The molecule has 0 radical (unpaired) electrons. The summed E-state index contributed by atoms with van der Waals surface area (Å²) in [6, 6.07) is 10.4. The van der Waals surface area contributed by atoms with Crippen molar-refractivity contribution in [3.05, 3.63) is 118 Å². The molecule has 0 N–H and O–H groups in total. The van der Waals surface area contributed by atoms with Gasteiger partial charge in [-0.1, -0.05) is 43.4 Å². The molecular weight excluding hydrogens is 606 g/mol. The van der Waals surface area contributed by atoms with Crippen molar-refractivity contribution in [3.8, 4) is 34.5 Å². The number of unbranched alkanes of at least 4 members (excludes halogenated alkanes) is 1. The Balaban J connectivity index is 1.52. The van der Waals surface area contributed by atoms with Crippen LogP contribution in [0.3, 0.4) is 0 Å². The largest absolute Gasteiger partial charge is 0.494 e. The molecule has 0 spiro atoms. The minimum atomic E-state index is -5.34. The average molecular weight is 626 g/mol. The third kappa shape index (κ3) is 7.45. The highest BCUT2D eigenvalue weighted by Crippen LogP contribution is 2.37. The third-order valence-electron chi connectivity index (χ3n) is 6.16. The van der Waals surface area contributed by atoms with Gasteiger partial charge < -0.3 is 9.47 Å². The van der Waals surface area contributed by atoms with E-state index in [2.05, 4.69) is 4.74 Å². The lowest BCUT2D eigenvalue weighted by molar-refractivity contribution is -0.187. The smallest absolute Gasteiger partial charge is 0.429 e. The number of hydrogen-bond acceptors (Lipinski definition) is 2. The molecule has 0 amide bonds. The summed E-state index contributed by atoms with van der Waals surface area (Å²) in [6.45, 7) is 2.53. The van der Waals surface area contributed by atoms with E-state index in [1.54, 1.807) is 24.3 Å². The van der Waals surface area contributed by atoms with E-state index in [0.717, 1.165) is 25.0 Å². The second kappa shape index (κ2) is 12.9. The van der Waals surface area contributed by atoms with Gasteiger partial charge in [0.05, 0.1) is 17.7 Å². The Hall–Kier alpha value is -4.66. The van der Waals surface area contributed by atoms with Crippen LogP contribution in [-0.4, -0.2) is 6.61 Å². The maximum Gasteiger partial charge on any atom is 0.429 e. The van der Waals surface area contributed by atoms with Gasteiger partial charge in [-0.3, -0.25) is 0 Å². The maximum atomic E-state index is 14.9. The lowest BCUT2D eigenvalue weighted by atomic mass is 10.0. The number of benzene rings is 4. The molecule has 0 bridgehead atoms. The minimum absolute atomic E-state index is 0.213. The first-order valence-electron chi connectivity index (χ1n) is 12.9. The molecule has 4 rings (SSSR count). The van der Waals surface area contributed by atoms with Crippen molar-refractivity contribution in [3.63, 3.8) is 0 Å². The fraction of sp³-hybridized carbons (Fsp3) is 0.188. The van der Waals surface area contributed by atoms with Gasteiger partial charge in [-0.05, 0) is 53.9 Å².